The number of nitro benzene ring substituents is 1. The van der Waals surface area contributed by atoms with Crippen molar-refractivity contribution in [2.45, 2.75) is 56.6 Å². The molecule has 11 nitrogen and oxygen atoms in total. The van der Waals surface area contributed by atoms with Crippen molar-refractivity contribution in [1.29, 1.82) is 0 Å². The first kappa shape index (κ1) is 26.7. The Bertz CT molecular complexity index is 732. The number of aliphatic hydroxyl groups is 6. The number of nitrogens with one attached hydrogen (secondary N) is 1. The molecule has 176 valence electrons. The summed E-state index contributed by atoms with van der Waals surface area (Å²) in [5.41, 5.74) is -2.56. The highest BCUT2D eigenvalue weighted by Crippen LogP contribution is 2.37. The molecule has 1 aromatic carbocycles. The zero-order valence-electron chi connectivity index (χ0n) is 16.3. The van der Waals surface area contributed by atoms with E-state index in [1.807, 2.05) is 0 Å². The number of aliphatic hydroxyl groups excluding tert-OH is 6. The molecular formula is C17H23F3N2O9. The molecular weight excluding hydrogens is 433 g/mol. The fourth-order valence-electron chi connectivity index (χ4n) is 2.50. The highest BCUT2D eigenvalue weighted by molar-refractivity contribution is 5.92. The van der Waals surface area contributed by atoms with Crippen molar-refractivity contribution in [2.75, 3.05) is 5.32 Å². The van der Waals surface area contributed by atoms with Crippen molar-refractivity contribution < 1.29 is 53.5 Å². The maximum absolute atomic E-state index is 12.7. The quantitative estimate of drug-likeness (QED) is 0.229. The number of carbonyl (C=O) groups is 1. The number of anilines is 1. The molecule has 2 rings (SSSR count). The van der Waals surface area contributed by atoms with Gasteiger partial charge in [-0.25, -0.2) is 0 Å². The summed E-state index contributed by atoms with van der Waals surface area (Å²) in [5.74, 6) is -0.883. The lowest BCUT2D eigenvalue weighted by atomic mass is 9.85. The number of hydrogen-bond donors (Lipinski definition) is 7. The number of halogens is 3. The van der Waals surface area contributed by atoms with Gasteiger partial charge in [0.1, 0.15) is 42.2 Å². The Morgan fingerprint density at radius 3 is 1.65 bits per heavy atom. The van der Waals surface area contributed by atoms with Gasteiger partial charge < -0.3 is 36.0 Å². The van der Waals surface area contributed by atoms with Gasteiger partial charge in [-0.3, -0.25) is 14.9 Å². The minimum Gasteiger partial charge on any atom is -0.387 e. The molecule has 1 aliphatic carbocycles. The Morgan fingerprint density at radius 2 is 1.35 bits per heavy atom. The third kappa shape index (κ3) is 6.56. The zero-order chi connectivity index (χ0) is 24.3. The van der Waals surface area contributed by atoms with E-state index in [0.717, 1.165) is 12.1 Å². The lowest BCUT2D eigenvalue weighted by Gasteiger charge is -2.39. The van der Waals surface area contributed by atoms with Gasteiger partial charge in [0.2, 0.25) is 5.91 Å². The average molecular weight is 456 g/mol. The molecule has 1 aromatic rings. The van der Waals surface area contributed by atoms with E-state index >= 15 is 0 Å². The van der Waals surface area contributed by atoms with Gasteiger partial charge in [0.15, 0.2) is 0 Å². The van der Waals surface area contributed by atoms with Gasteiger partial charge in [-0.15, -0.1) is 0 Å². The molecule has 0 unspecified atom stereocenters. The first-order valence-electron chi connectivity index (χ1n) is 8.84. The molecule has 0 radical (unpaired) electrons. The predicted molar refractivity (Wildman–Crippen MR) is 97.6 cm³/mol. The Kier molecular flexibility index (Phi) is 8.86. The standard InChI is InChI=1S/C11H11F3N2O3.C6H12O6/c1-6(2)10(17)15-7-3-4-9(16(18)19)8(5-7)11(12,13)14;7-1-2(8)4(10)6(12)5(11)3(1)9/h3-6H,1-2H3,(H,15,17);1-12H/t;1-,2-,3-,4+,5-,6-. The zero-order valence-corrected chi connectivity index (χ0v) is 16.3. The molecule has 31 heavy (non-hydrogen) atoms. The molecule has 0 heterocycles. The van der Waals surface area contributed by atoms with E-state index in [-0.39, 0.29) is 5.69 Å². The van der Waals surface area contributed by atoms with E-state index in [2.05, 4.69) is 5.32 Å². The van der Waals surface area contributed by atoms with Crippen LogP contribution < -0.4 is 5.32 Å². The second-order valence-electron chi connectivity index (χ2n) is 7.07. The second-order valence-corrected chi connectivity index (χ2v) is 7.07. The summed E-state index contributed by atoms with van der Waals surface area (Å²) in [6, 6.07) is 2.34. The molecule has 0 atom stereocenters. The van der Waals surface area contributed by atoms with Crippen molar-refractivity contribution in [3.8, 4) is 0 Å². The molecule has 1 aliphatic rings. The van der Waals surface area contributed by atoms with Gasteiger partial charge in [0.05, 0.1) is 4.92 Å². The Morgan fingerprint density at radius 1 is 0.968 bits per heavy atom. The van der Waals surface area contributed by atoms with Crippen LogP contribution >= 0.6 is 0 Å². The SMILES string of the molecule is CC(C)C(=O)Nc1ccc([N+](=O)[O-])c(C(F)(F)F)c1.O[C@H]1[C@H](O)[C@@H](O)[C@H](O)[C@@H](O)[C@H]1O. The molecule has 1 saturated carbocycles. The Hall–Kier alpha value is -2.36. The molecule has 7 N–H and O–H groups in total. The van der Waals surface area contributed by atoms with Crippen LogP contribution in [-0.4, -0.2) is 78.1 Å². The number of alkyl halides is 3. The summed E-state index contributed by atoms with van der Waals surface area (Å²) >= 11 is 0. The third-order valence-electron chi connectivity index (χ3n) is 4.39. The molecule has 0 saturated heterocycles. The molecule has 1 fully saturated rings. The van der Waals surface area contributed by atoms with E-state index in [1.165, 1.54) is 0 Å². The fourth-order valence-corrected chi connectivity index (χ4v) is 2.50. The van der Waals surface area contributed by atoms with E-state index in [9.17, 15) is 28.1 Å². The summed E-state index contributed by atoms with van der Waals surface area (Å²) in [4.78, 5) is 20.8. The van der Waals surface area contributed by atoms with Crippen LogP contribution in [0.2, 0.25) is 0 Å². The monoisotopic (exact) mass is 456 g/mol. The topological polar surface area (TPSA) is 194 Å². The minimum absolute atomic E-state index is 0.128. The van der Waals surface area contributed by atoms with Crippen molar-refractivity contribution in [3.05, 3.63) is 33.9 Å². The van der Waals surface area contributed by atoms with Crippen molar-refractivity contribution in [1.82, 2.24) is 0 Å². The predicted octanol–water partition coefficient (Wildman–Crippen LogP) is -0.627. The number of nitro groups is 1. The van der Waals surface area contributed by atoms with Gasteiger partial charge in [0.25, 0.3) is 5.69 Å². The number of benzene rings is 1. The summed E-state index contributed by atoms with van der Waals surface area (Å²) in [5, 5.41) is 66.6. The maximum Gasteiger partial charge on any atom is 0.423 e. The molecule has 0 aromatic heterocycles. The molecule has 14 heteroatoms. The third-order valence-corrected chi connectivity index (χ3v) is 4.39. The number of nitrogens with zero attached hydrogens (tertiary/aromatic N) is 1. The van der Waals surface area contributed by atoms with Gasteiger partial charge >= 0.3 is 6.18 Å². The summed E-state index contributed by atoms with van der Waals surface area (Å²) in [7, 11) is 0. The van der Waals surface area contributed by atoms with E-state index < -0.39 is 70.8 Å². The number of hydrogen-bond acceptors (Lipinski definition) is 9. The van der Waals surface area contributed by atoms with E-state index in [0.29, 0.717) is 6.07 Å². The minimum atomic E-state index is -4.86. The first-order valence-corrected chi connectivity index (χ1v) is 8.84. The van der Waals surface area contributed by atoms with Crippen LogP contribution in [0.25, 0.3) is 0 Å². The van der Waals surface area contributed by atoms with Crippen LogP contribution in [0.3, 0.4) is 0 Å². The summed E-state index contributed by atoms with van der Waals surface area (Å²) in [6.07, 6.45) is -14.7. The van der Waals surface area contributed by atoms with Crippen LogP contribution in [0.15, 0.2) is 18.2 Å². The molecule has 1 amide bonds. The number of carbonyl (C=O) groups excluding carboxylic acids is 1. The van der Waals surface area contributed by atoms with Crippen molar-refractivity contribution >= 4 is 17.3 Å². The lowest BCUT2D eigenvalue weighted by Crippen LogP contribution is -2.63. The van der Waals surface area contributed by atoms with Crippen LogP contribution in [-0.2, 0) is 11.0 Å². The maximum atomic E-state index is 12.7. The average Bonchev–Trinajstić information content (AvgIpc) is 2.68. The van der Waals surface area contributed by atoms with Crippen LogP contribution in [0.1, 0.15) is 19.4 Å². The largest absolute Gasteiger partial charge is 0.423 e. The summed E-state index contributed by atoms with van der Waals surface area (Å²) in [6.45, 7) is 3.15. The highest BCUT2D eigenvalue weighted by atomic mass is 19.4. The van der Waals surface area contributed by atoms with E-state index in [4.69, 9.17) is 30.6 Å². The number of amides is 1. The molecule has 0 spiro atoms. The lowest BCUT2D eigenvalue weighted by molar-refractivity contribution is -0.388. The van der Waals surface area contributed by atoms with Crippen LogP contribution in [0.4, 0.5) is 24.5 Å². The Labute approximate surface area is 173 Å². The van der Waals surface area contributed by atoms with Gasteiger partial charge in [-0.05, 0) is 12.1 Å². The number of rotatable bonds is 3. The van der Waals surface area contributed by atoms with Crippen molar-refractivity contribution in [2.24, 2.45) is 5.92 Å². The van der Waals surface area contributed by atoms with Crippen LogP contribution in [0.5, 0.6) is 0 Å². The summed E-state index contributed by atoms with van der Waals surface area (Å²) < 4.78 is 38.0. The smallest absolute Gasteiger partial charge is 0.387 e. The van der Waals surface area contributed by atoms with Crippen LogP contribution in [0, 0.1) is 16.0 Å². The second kappa shape index (κ2) is 10.3. The van der Waals surface area contributed by atoms with Gasteiger partial charge in [0, 0.05) is 17.7 Å². The van der Waals surface area contributed by atoms with Gasteiger partial charge in [-0.2, -0.15) is 13.2 Å². The van der Waals surface area contributed by atoms with Crippen molar-refractivity contribution in [3.63, 3.8) is 0 Å². The normalized spacial score (nSPS) is 28.5. The Balaban J connectivity index is 0.000000343. The van der Waals surface area contributed by atoms with Gasteiger partial charge in [-0.1, -0.05) is 13.8 Å². The fraction of sp³-hybridized carbons (Fsp3) is 0.588. The highest BCUT2D eigenvalue weighted by Gasteiger charge is 2.47. The van der Waals surface area contributed by atoms with E-state index in [1.54, 1.807) is 13.8 Å². The molecule has 0 bridgehead atoms. The first-order chi connectivity index (χ1) is 14.1. The molecule has 0 aliphatic heterocycles.